The van der Waals surface area contributed by atoms with E-state index in [1.165, 1.54) is 24.3 Å². The Bertz CT molecular complexity index is 850. The first-order valence-corrected chi connectivity index (χ1v) is 9.46. The van der Waals surface area contributed by atoms with Crippen molar-refractivity contribution in [3.8, 4) is 17.0 Å². The summed E-state index contributed by atoms with van der Waals surface area (Å²) < 4.78 is 27.6. The van der Waals surface area contributed by atoms with Gasteiger partial charge in [0.15, 0.2) is 5.82 Å². The summed E-state index contributed by atoms with van der Waals surface area (Å²) >= 11 is 5.84. The number of alkyl halides is 2. The Labute approximate surface area is 161 Å². The number of rotatable bonds is 3. The maximum absolute atomic E-state index is 13.8. The Morgan fingerprint density at radius 2 is 2.11 bits per heavy atom. The first kappa shape index (κ1) is 18.4. The minimum Gasteiger partial charge on any atom is -0.507 e. The fourth-order valence-corrected chi connectivity index (χ4v) is 4.30. The fraction of sp³-hybridized carbons (Fsp3) is 0.474. The molecule has 0 radical (unpaired) electrons. The molecule has 8 heteroatoms. The van der Waals surface area contributed by atoms with Gasteiger partial charge in [-0.25, -0.2) is 8.78 Å². The van der Waals surface area contributed by atoms with Crippen LogP contribution < -0.4 is 10.2 Å². The standard InChI is InChI=1S/C19H21ClF2N4O/c1-10-6-15-14(23-9-10)4-5-26(15)17-8-13(19(21)22)18(25-24-17)12-3-2-11(20)7-16(12)27/h2-3,7-8,10,14-15,19,23,27H,4-6,9H2,1H3/t10?,14-,15+/m0/s1. The third-order valence-electron chi connectivity index (χ3n) is 5.47. The number of anilines is 1. The van der Waals surface area contributed by atoms with Crippen LogP contribution in [-0.2, 0) is 0 Å². The van der Waals surface area contributed by atoms with Crippen molar-refractivity contribution in [2.24, 2.45) is 5.92 Å². The van der Waals surface area contributed by atoms with E-state index in [9.17, 15) is 13.9 Å². The van der Waals surface area contributed by atoms with E-state index in [1.807, 2.05) is 0 Å². The van der Waals surface area contributed by atoms with Crippen molar-refractivity contribution in [2.45, 2.75) is 38.3 Å². The smallest absolute Gasteiger partial charge is 0.266 e. The molecule has 0 saturated carbocycles. The number of benzene rings is 1. The molecule has 2 saturated heterocycles. The molecular weight excluding hydrogens is 374 g/mol. The second kappa shape index (κ2) is 7.20. The summed E-state index contributed by atoms with van der Waals surface area (Å²) in [6.45, 7) is 3.93. The summed E-state index contributed by atoms with van der Waals surface area (Å²) in [5.74, 6) is 0.795. The van der Waals surface area contributed by atoms with Gasteiger partial charge >= 0.3 is 0 Å². The molecule has 2 fully saturated rings. The van der Waals surface area contributed by atoms with E-state index in [0.717, 1.165) is 25.9 Å². The summed E-state index contributed by atoms with van der Waals surface area (Å²) in [6.07, 6.45) is -0.766. The zero-order chi connectivity index (χ0) is 19.1. The van der Waals surface area contributed by atoms with E-state index in [0.29, 0.717) is 22.8 Å². The second-order valence-corrected chi connectivity index (χ2v) is 7.81. The van der Waals surface area contributed by atoms with Crippen LogP contribution in [0.25, 0.3) is 11.3 Å². The minimum absolute atomic E-state index is 0.0196. The molecule has 3 atom stereocenters. The lowest BCUT2D eigenvalue weighted by atomic mass is 9.92. The van der Waals surface area contributed by atoms with Crippen molar-refractivity contribution in [2.75, 3.05) is 18.0 Å². The van der Waals surface area contributed by atoms with Gasteiger partial charge in [0.25, 0.3) is 6.43 Å². The largest absolute Gasteiger partial charge is 0.507 e. The van der Waals surface area contributed by atoms with E-state index in [4.69, 9.17) is 11.6 Å². The van der Waals surface area contributed by atoms with Crippen LogP contribution >= 0.6 is 11.6 Å². The van der Waals surface area contributed by atoms with E-state index in [2.05, 4.69) is 27.3 Å². The van der Waals surface area contributed by atoms with Crippen LogP contribution in [0.1, 0.15) is 31.8 Å². The summed E-state index contributed by atoms with van der Waals surface area (Å²) in [4.78, 5) is 2.08. The lowest BCUT2D eigenvalue weighted by Crippen LogP contribution is -2.50. The first-order valence-electron chi connectivity index (χ1n) is 9.08. The summed E-state index contributed by atoms with van der Waals surface area (Å²) in [5, 5.41) is 22.3. The average Bonchev–Trinajstić information content (AvgIpc) is 3.04. The Hall–Kier alpha value is -1.99. The monoisotopic (exact) mass is 394 g/mol. The molecule has 27 heavy (non-hydrogen) atoms. The molecule has 3 heterocycles. The van der Waals surface area contributed by atoms with Gasteiger partial charge in [0.05, 0.1) is 0 Å². The number of piperidine rings is 1. The Morgan fingerprint density at radius 3 is 2.85 bits per heavy atom. The van der Waals surface area contributed by atoms with Gasteiger partial charge in [-0.2, -0.15) is 0 Å². The zero-order valence-electron chi connectivity index (χ0n) is 14.9. The average molecular weight is 395 g/mol. The van der Waals surface area contributed by atoms with Crippen LogP contribution in [0.2, 0.25) is 5.02 Å². The molecular formula is C19H21ClF2N4O. The highest BCUT2D eigenvalue weighted by Gasteiger charge is 2.39. The van der Waals surface area contributed by atoms with Crippen molar-refractivity contribution in [1.82, 2.24) is 15.5 Å². The number of hydrogen-bond acceptors (Lipinski definition) is 5. The van der Waals surface area contributed by atoms with E-state index < -0.39 is 6.43 Å². The Kier molecular flexibility index (Phi) is 4.90. The predicted molar refractivity (Wildman–Crippen MR) is 100 cm³/mol. The van der Waals surface area contributed by atoms with Gasteiger partial charge in [-0.1, -0.05) is 18.5 Å². The van der Waals surface area contributed by atoms with Gasteiger partial charge in [0.1, 0.15) is 11.4 Å². The van der Waals surface area contributed by atoms with Crippen LogP contribution in [0.15, 0.2) is 24.3 Å². The second-order valence-electron chi connectivity index (χ2n) is 7.37. The fourth-order valence-electron chi connectivity index (χ4n) is 4.13. The van der Waals surface area contributed by atoms with Crippen LogP contribution in [0.5, 0.6) is 5.75 Å². The number of aromatic hydroxyl groups is 1. The van der Waals surface area contributed by atoms with Crippen molar-refractivity contribution in [1.29, 1.82) is 0 Å². The third kappa shape index (κ3) is 3.46. The Morgan fingerprint density at radius 1 is 1.30 bits per heavy atom. The van der Waals surface area contributed by atoms with Crippen molar-refractivity contribution >= 4 is 17.4 Å². The number of phenolic OH excluding ortho intramolecular Hbond substituents is 1. The SMILES string of the molecule is CC1CN[C@H]2CCN(c3cc(C(F)F)c(-c4ccc(Cl)cc4O)nn3)[C@@H]2C1. The number of hydrogen-bond donors (Lipinski definition) is 2. The number of fused-ring (bicyclic) bond motifs is 1. The molecule has 1 aromatic carbocycles. The number of nitrogens with zero attached hydrogens (tertiary/aromatic N) is 3. The van der Waals surface area contributed by atoms with Crippen LogP contribution in [-0.4, -0.2) is 40.5 Å². The first-order chi connectivity index (χ1) is 12.9. The van der Waals surface area contributed by atoms with Gasteiger partial charge in [0, 0.05) is 34.8 Å². The molecule has 1 aromatic heterocycles. The number of nitrogens with one attached hydrogen (secondary N) is 1. The molecule has 2 aliphatic rings. The summed E-state index contributed by atoms with van der Waals surface area (Å²) in [6, 6.07) is 6.32. The summed E-state index contributed by atoms with van der Waals surface area (Å²) in [5.41, 5.74) is -0.0623. The van der Waals surface area contributed by atoms with Gasteiger partial charge in [-0.15, -0.1) is 10.2 Å². The van der Waals surface area contributed by atoms with E-state index in [-0.39, 0.29) is 28.6 Å². The molecule has 2 aromatic rings. The van der Waals surface area contributed by atoms with E-state index >= 15 is 0 Å². The number of aromatic nitrogens is 2. The molecule has 0 amide bonds. The molecule has 1 unspecified atom stereocenters. The molecule has 0 spiro atoms. The normalized spacial score (nSPS) is 25.1. The summed E-state index contributed by atoms with van der Waals surface area (Å²) in [7, 11) is 0. The van der Waals surface area contributed by atoms with Gasteiger partial charge in [0.2, 0.25) is 0 Å². The van der Waals surface area contributed by atoms with Crippen LogP contribution in [0, 0.1) is 5.92 Å². The van der Waals surface area contributed by atoms with Crippen molar-refractivity contribution < 1.29 is 13.9 Å². The van der Waals surface area contributed by atoms with E-state index in [1.54, 1.807) is 0 Å². The minimum atomic E-state index is -2.73. The van der Waals surface area contributed by atoms with Crippen molar-refractivity contribution in [3.05, 3.63) is 34.9 Å². The number of phenols is 1. The topological polar surface area (TPSA) is 61.3 Å². The highest BCUT2D eigenvalue weighted by molar-refractivity contribution is 6.30. The molecule has 2 N–H and O–H groups in total. The lowest BCUT2D eigenvalue weighted by Gasteiger charge is -2.36. The van der Waals surface area contributed by atoms with Gasteiger partial charge in [-0.05, 0) is 49.6 Å². The number of halogens is 3. The molecule has 2 aliphatic heterocycles. The third-order valence-corrected chi connectivity index (χ3v) is 5.71. The maximum atomic E-state index is 13.8. The Balaban J connectivity index is 1.71. The lowest BCUT2D eigenvalue weighted by molar-refractivity contribution is 0.151. The molecule has 5 nitrogen and oxygen atoms in total. The highest BCUT2D eigenvalue weighted by atomic mass is 35.5. The maximum Gasteiger partial charge on any atom is 0.266 e. The molecule has 0 bridgehead atoms. The van der Waals surface area contributed by atoms with Crippen LogP contribution in [0.4, 0.5) is 14.6 Å². The zero-order valence-corrected chi connectivity index (χ0v) is 15.6. The van der Waals surface area contributed by atoms with Crippen molar-refractivity contribution in [3.63, 3.8) is 0 Å². The quantitative estimate of drug-likeness (QED) is 0.823. The van der Waals surface area contributed by atoms with Gasteiger partial charge in [-0.3, -0.25) is 0 Å². The predicted octanol–water partition coefficient (Wildman–Crippen LogP) is 4.02. The molecule has 144 valence electrons. The van der Waals surface area contributed by atoms with Crippen LogP contribution in [0.3, 0.4) is 0 Å². The highest BCUT2D eigenvalue weighted by Crippen LogP contribution is 2.38. The molecule has 0 aliphatic carbocycles. The molecule has 4 rings (SSSR count). The van der Waals surface area contributed by atoms with Gasteiger partial charge < -0.3 is 15.3 Å².